The first-order chi connectivity index (χ1) is 15.4. The van der Waals surface area contributed by atoms with E-state index in [4.69, 9.17) is 9.47 Å². The lowest BCUT2D eigenvalue weighted by atomic mass is 9.78. The summed E-state index contributed by atoms with van der Waals surface area (Å²) >= 11 is 0. The van der Waals surface area contributed by atoms with Crippen LogP contribution in [0.2, 0.25) is 0 Å². The van der Waals surface area contributed by atoms with Crippen LogP contribution in [0.3, 0.4) is 0 Å². The molecule has 1 atom stereocenters. The quantitative estimate of drug-likeness (QED) is 0.363. The van der Waals surface area contributed by atoms with Gasteiger partial charge in [-0.1, -0.05) is 37.1 Å². The molecule has 0 aliphatic heterocycles. The van der Waals surface area contributed by atoms with Crippen LogP contribution in [0.4, 0.5) is 5.69 Å². The lowest BCUT2D eigenvalue weighted by Crippen LogP contribution is -2.49. The average molecular weight is 440 g/mol. The Bertz CT molecular complexity index is 949. The monoisotopic (exact) mass is 440 g/mol. The maximum atomic E-state index is 13.4. The summed E-state index contributed by atoms with van der Waals surface area (Å²) in [4.78, 5) is 36.2. The van der Waals surface area contributed by atoms with Crippen molar-refractivity contribution in [3.63, 3.8) is 0 Å². The Morgan fingerprint density at radius 2 is 1.62 bits per heavy atom. The zero-order valence-corrected chi connectivity index (χ0v) is 18.3. The molecule has 0 saturated heterocycles. The minimum atomic E-state index is -0.873. The van der Waals surface area contributed by atoms with Crippen LogP contribution in [0, 0.1) is 15.5 Å². The van der Waals surface area contributed by atoms with Crippen LogP contribution >= 0.6 is 0 Å². The number of carbonyl (C=O) groups is 2. The van der Waals surface area contributed by atoms with E-state index in [2.05, 4.69) is 5.32 Å². The van der Waals surface area contributed by atoms with Gasteiger partial charge in [-0.25, -0.2) is 4.79 Å². The third kappa shape index (κ3) is 5.43. The minimum Gasteiger partial charge on any atom is -0.497 e. The molecule has 1 aliphatic rings. The third-order valence-electron chi connectivity index (χ3n) is 6.12. The van der Waals surface area contributed by atoms with Gasteiger partial charge in [0, 0.05) is 18.6 Å². The molecule has 8 nitrogen and oxygen atoms in total. The van der Waals surface area contributed by atoms with Crippen molar-refractivity contribution in [2.45, 2.75) is 44.6 Å². The Labute approximate surface area is 187 Å². The molecule has 1 fully saturated rings. The number of ether oxygens (including phenoxy) is 2. The number of nitrogens with one attached hydrogen (secondary N) is 1. The number of non-ortho nitro benzene ring substituents is 1. The number of amides is 1. The molecule has 0 radical (unpaired) electrons. The van der Waals surface area contributed by atoms with Crippen LogP contribution in [-0.4, -0.2) is 37.1 Å². The van der Waals surface area contributed by atoms with Crippen molar-refractivity contribution in [2.24, 2.45) is 5.41 Å². The molecule has 2 aromatic carbocycles. The Morgan fingerprint density at radius 3 is 2.16 bits per heavy atom. The number of nitrogens with zero attached hydrogens (tertiary/aromatic N) is 1. The van der Waals surface area contributed by atoms with Crippen LogP contribution in [0.1, 0.15) is 36.8 Å². The Balaban J connectivity index is 1.76. The number of hydrogen-bond donors (Lipinski definition) is 1. The van der Waals surface area contributed by atoms with Crippen LogP contribution in [0.5, 0.6) is 5.75 Å². The van der Waals surface area contributed by atoms with Crippen molar-refractivity contribution in [3.8, 4) is 5.75 Å². The zero-order valence-electron chi connectivity index (χ0n) is 18.3. The first-order valence-corrected chi connectivity index (χ1v) is 10.6. The lowest BCUT2D eigenvalue weighted by Gasteiger charge is -2.30. The summed E-state index contributed by atoms with van der Waals surface area (Å²) in [6, 6.07) is 12.7. The van der Waals surface area contributed by atoms with Gasteiger partial charge >= 0.3 is 5.97 Å². The van der Waals surface area contributed by atoms with Gasteiger partial charge < -0.3 is 14.8 Å². The summed E-state index contributed by atoms with van der Waals surface area (Å²) in [6.07, 6.45) is 4.17. The fourth-order valence-corrected chi connectivity index (χ4v) is 4.31. The number of hydrogen-bond acceptors (Lipinski definition) is 6. The zero-order chi connectivity index (χ0) is 23.1. The maximum absolute atomic E-state index is 13.4. The SMILES string of the molecule is COC(=O)[C@H](Cc1ccc([N+](=O)[O-])cc1)NC(=O)C1(Cc2ccc(OC)cc2)CCCC1. The van der Waals surface area contributed by atoms with Gasteiger partial charge in [0.15, 0.2) is 0 Å². The summed E-state index contributed by atoms with van der Waals surface area (Å²) in [7, 11) is 2.89. The Kier molecular flexibility index (Phi) is 7.45. The van der Waals surface area contributed by atoms with E-state index in [9.17, 15) is 19.7 Å². The number of benzene rings is 2. The van der Waals surface area contributed by atoms with Gasteiger partial charge in [-0.05, 0) is 42.5 Å². The van der Waals surface area contributed by atoms with Crippen molar-refractivity contribution < 1.29 is 24.0 Å². The smallest absolute Gasteiger partial charge is 0.328 e. The van der Waals surface area contributed by atoms with E-state index < -0.39 is 22.3 Å². The second-order valence-electron chi connectivity index (χ2n) is 8.19. The number of nitro groups is 1. The van der Waals surface area contributed by atoms with Gasteiger partial charge in [0.05, 0.1) is 24.6 Å². The highest BCUT2D eigenvalue weighted by Gasteiger charge is 2.42. The van der Waals surface area contributed by atoms with Crippen molar-refractivity contribution in [1.82, 2.24) is 5.32 Å². The fourth-order valence-electron chi connectivity index (χ4n) is 4.31. The normalized spacial score (nSPS) is 15.6. The molecule has 1 saturated carbocycles. The topological polar surface area (TPSA) is 108 Å². The molecule has 1 N–H and O–H groups in total. The van der Waals surface area contributed by atoms with Crippen molar-refractivity contribution >= 4 is 17.6 Å². The van der Waals surface area contributed by atoms with E-state index in [0.29, 0.717) is 12.0 Å². The predicted octanol–water partition coefficient (Wildman–Crippen LogP) is 3.61. The van der Waals surface area contributed by atoms with Crippen LogP contribution < -0.4 is 10.1 Å². The molecule has 1 aliphatic carbocycles. The Hall–Kier alpha value is -3.42. The first-order valence-electron chi connectivity index (χ1n) is 10.6. The second kappa shape index (κ2) is 10.3. The van der Waals surface area contributed by atoms with E-state index in [1.807, 2.05) is 24.3 Å². The minimum absolute atomic E-state index is 0.0307. The predicted molar refractivity (Wildman–Crippen MR) is 118 cm³/mol. The molecule has 0 bridgehead atoms. The molecule has 0 unspecified atom stereocenters. The van der Waals surface area contributed by atoms with E-state index in [1.165, 1.54) is 19.2 Å². The highest BCUT2D eigenvalue weighted by molar-refractivity contribution is 5.88. The molecule has 0 spiro atoms. The van der Waals surface area contributed by atoms with E-state index in [0.717, 1.165) is 37.0 Å². The molecule has 2 aromatic rings. The maximum Gasteiger partial charge on any atom is 0.328 e. The summed E-state index contributed by atoms with van der Waals surface area (Å²) in [5.74, 6) is 0.0463. The van der Waals surface area contributed by atoms with E-state index >= 15 is 0 Å². The van der Waals surface area contributed by atoms with Crippen LogP contribution in [0.25, 0.3) is 0 Å². The number of rotatable bonds is 9. The Morgan fingerprint density at radius 1 is 1.03 bits per heavy atom. The fraction of sp³-hybridized carbons (Fsp3) is 0.417. The van der Waals surface area contributed by atoms with Gasteiger partial charge in [-0.2, -0.15) is 0 Å². The average Bonchev–Trinajstić information content (AvgIpc) is 3.28. The molecular formula is C24H28N2O6. The first kappa shape index (κ1) is 23.2. The number of nitro benzene ring substituents is 1. The van der Waals surface area contributed by atoms with Gasteiger partial charge in [0.2, 0.25) is 5.91 Å². The van der Waals surface area contributed by atoms with Crippen LogP contribution in [0.15, 0.2) is 48.5 Å². The lowest BCUT2D eigenvalue weighted by molar-refractivity contribution is -0.384. The number of carbonyl (C=O) groups excluding carboxylic acids is 2. The van der Waals surface area contributed by atoms with Gasteiger partial charge in [0.1, 0.15) is 11.8 Å². The van der Waals surface area contributed by atoms with Crippen molar-refractivity contribution in [2.75, 3.05) is 14.2 Å². The molecule has 8 heteroatoms. The van der Waals surface area contributed by atoms with Gasteiger partial charge in [-0.15, -0.1) is 0 Å². The molecule has 170 valence electrons. The standard InChI is InChI=1S/C24H28N2O6/c1-31-20-11-7-18(8-12-20)16-24(13-3-4-14-24)23(28)25-21(22(27)32-2)15-17-5-9-19(10-6-17)26(29)30/h5-12,21H,3-4,13-16H2,1-2H3,(H,25,28)/t21-/m0/s1. The van der Waals surface area contributed by atoms with Crippen molar-refractivity contribution in [1.29, 1.82) is 0 Å². The van der Waals surface area contributed by atoms with E-state index in [1.54, 1.807) is 19.2 Å². The third-order valence-corrected chi connectivity index (χ3v) is 6.12. The summed E-state index contributed by atoms with van der Waals surface area (Å²) in [5.41, 5.74) is 1.11. The van der Waals surface area contributed by atoms with E-state index in [-0.39, 0.29) is 18.0 Å². The van der Waals surface area contributed by atoms with Gasteiger partial charge in [0.25, 0.3) is 5.69 Å². The highest BCUT2D eigenvalue weighted by atomic mass is 16.6. The number of methoxy groups -OCH3 is 2. The molecule has 1 amide bonds. The molecule has 0 heterocycles. The largest absolute Gasteiger partial charge is 0.497 e. The molecule has 32 heavy (non-hydrogen) atoms. The second-order valence-corrected chi connectivity index (χ2v) is 8.19. The number of esters is 1. The molecule has 0 aromatic heterocycles. The summed E-state index contributed by atoms with van der Waals surface area (Å²) in [6.45, 7) is 0. The van der Waals surface area contributed by atoms with Crippen LogP contribution in [-0.2, 0) is 27.2 Å². The highest BCUT2D eigenvalue weighted by Crippen LogP contribution is 2.41. The summed E-state index contributed by atoms with van der Waals surface area (Å²) < 4.78 is 10.1. The molecule has 3 rings (SSSR count). The summed E-state index contributed by atoms with van der Waals surface area (Å²) in [5, 5.41) is 13.8. The van der Waals surface area contributed by atoms with Crippen molar-refractivity contribution in [3.05, 3.63) is 69.8 Å². The van der Waals surface area contributed by atoms with Gasteiger partial charge in [-0.3, -0.25) is 14.9 Å². The molecular weight excluding hydrogens is 412 g/mol.